The number of fused-ring (bicyclic) bond motifs is 1. The lowest BCUT2D eigenvalue weighted by molar-refractivity contribution is 0.446. The van der Waals surface area contributed by atoms with Crippen molar-refractivity contribution in [1.29, 1.82) is 0 Å². The molecule has 6 heteroatoms. The third-order valence-electron chi connectivity index (χ3n) is 3.16. The number of alkyl halides is 1. The third-order valence-corrected chi connectivity index (χ3v) is 3.40. The Morgan fingerprint density at radius 3 is 2.85 bits per heavy atom. The van der Waals surface area contributed by atoms with Crippen LogP contribution < -0.4 is 0 Å². The maximum Gasteiger partial charge on any atom is 0.214 e. The molecule has 0 saturated carbocycles. The molecule has 0 aliphatic heterocycles. The molecule has 0 radical (unpaired) electrons. The Balaban J connectivity index is 2.04. The van der Waals surface area contributed by atoms with Crippen LogP contribution in [0.5, 0.6) is 0 Å². The normalized spacial score (nSPS) is 11.3. The van der Waals surface area contributed by atoms with Crippen molar-refractivity contribution < 1.29 is 4.42 Å². The van der Waals surface area contributed by atoms with Gasteiger partial charge in [0, 0.05) is 12.6 Å². The average Bonchev–Trinajstić information content (AvgIpc) is 3.03. The second kappa shape index (κ2) is 5.25. The standard InChI is InChI=1S/C14H15ClN4O/c1-3-10-7-16-13(20-10)8-19-12(5-15)18-11-4-9(2)6-17-14(11)19/h4,6-7H,3,5,8H2,1-2H3. The van der Waals surface area contributed by atoms with Crippen LogP contribution in [0, 0.1) is 6.92 Å². The zero-order valence-corrected chi connectivity index (χ0v) is 12.2. The second-order valence-electron chi connectivity index (χ2n) is 4.68. The molecule has 0 fully saturated rings. The number of hydrogen-bond acceptors (Lipinski definition) is 4. The number of halogens is 1. The maximum atomic E-state index is 5.98. The summed E-state index contributed by atoms with van der Waals surface area (Å²) < 4.78 is 7.60. The van der Waals surface area contributed by atoms with Crippen molar-refractivity contribution in [3.05, 3.63) is 41.5 Å². The first kappa shape index (κ1) is 13.1. The minimum Gasteiger partial charge on any atom is -0.444 e. The summed E-state index contributed by atoms with van der Waals surface area (Å²) in [6.45, 7) is 4.52. The molecule has 0 aliphatic rings. The van der Waals surface area contributed by atoms with E-state index >= 15 is 0 Å². The molecule has 0 N–H and O–H groups in total. The van der Waals surface area contributed by atoms with Crippen LogP contribution in [0.2, 0.25) is 0 Å². The van der Waals surface area contributed by atoms with Crippen molar-refractivity contribution in [1.82, 2.24) is 19.5 Å². The largest absolute Gasteiger partial charge is 0.444 e. The van der Waals surface area contributed by atoms with E-state index in [9.17, 15) is 0 Å². The lowest BCUT2D eigenvalue weighted by atomic mass is 10.3. The summed E-state index contributed by atoms with van der Waals surface area (Å²) in [5.74, 6) is 2.63. The van der Waals surface area contributed by atoms with Crippen LogP contribution in [0.15, 0.2) is 22.9 Å². The van der Waals surface area contributed by atoms with Crippen molar-refractivity contribution in [3.63, 3.8) is 0 Å². The van der Waals surface area contributed by atoms with Gasteiger partial charge in [-0.15, -0.1) is 11.6 Å². The van der Waals surface area contributed by atoms with Gasteiger partial charge in [-0.3, -0.25) is 0 Å². The van der Waals surface area contributed by atoms with Gasteiger partial charge in [0.2, 0.25) is 5.89 Å². The predicted octanol–water partition coefficient (Wildman–Crippen LogP) is 3.08. The molecule has 104 valence electrons. The first-order valence-electron chi connectivity index (χ1n) is 6.52. The van der Waals surface area contributed by atoms with Crippen LogP contribution in [0.3, 0.4) is 0 Å². The van der Waals surface area contributed by atoms with Gasteiger partial charge in [-0.2, -0.15) is 0 Å². The lowest BCUT2D eigenvalue weighted by Crippen LogP contribution is -2.05. The minimum absolute atomic E-state index is 0.330. The molecule has 0 atom stereocenters. The average molecular weight is 291 g/mol. The summed E-state index contributed by atoms with van der Waals surface area (Å²) in [5.41, 5.74) is 2.73. The molecule has 0 amide bonds. The number of imidazole rings is 1. The molecule has 0 aromatic carbocycles. The summed E-state index contributed by atoms with van der Waals surface area (Å²) in [6.07, 6.45) is 4.41. The van der Waals surface area contributed by atoms with Crippen molar-refractivity contribution >= 4 is 22.8 Å². The van der Waals surface area contributed by atoms with Gasteiger partial charge >= 0.3 is 0 Å². The van der Waals surface area contributed by atoms with E-state index in [-0.39, 0.29) is 0 Å². The van der Waals surface area contributed by atoms with Gasteiger partial charge in [0.15, 0.2) is 5.65 Å². The second-order valence-corrected chi connectivity index (χ2v) is 4.94. The fraction of sp³-hybridized carbons (Fsp3) is 0.357. The van der Waals surface area contributed by atoms with E-state index in [0.717, 1.165) is 34.7 Å². The number of oxazole rings is 1. The van der Waals surface area contributed by atoms with Crippen LogP contribution >= 0.6 is 11.6 Å². The fourth-order valence-corrected chi connectivity index (χ4v) is 2.35. The highest BCUT2D eigenvalue weighted by Gasteiger charge is 2.14. The molecular formula is C14H15ClN4O. The van der Waals surface area contributed by atoms with E-state index in [1.54, 1.807) is 6.20 Å². The van der Waals surface area contributed by atoms with Gasteiger partial charge < -0.3 is 8.98 Å². The van der Waals surface area contributed by atoms with Crippen LogP contribution in [-0.4, -0.2) is 19.5 Å². The number of rotatable bonds is 4. The van der Waals surface area contributed by atoms with Crippen LogP contribution in [-0.2, 0) is 18.8 Å². The molecule has 0 unspecified atom stereocenters. The molecule has 0 spiro atoms. The molecule has 20 heavy (non-hydrogen) atoms. The number of aromatic nitrogens is 4. The lowest BCUT2D eigenvalue weighted by Gasteiger charge is -2.03. The number of pyridine rings is 1. The summed E-state index contributed by atoms with van der Waals surface area (Å²) in [4.78, 5) is 13.2. The van der Waals surface area contributed by atoms with Crippen LogP contribution in [0.25, 0.3) is 11.2 Å². The molecule has 0 aliphatic carbocycles. The monoisotopic (exact) mass is 290 g/mol. The molecule has 0 bridgehead atoms. The zero-order chi connectivity index (χ0) is 14.1. The van der Waals surface area contributed by atoms with Gasteiger partial charge in [0.25, 0.3) is 0 Å². The molecular weight excluding hydrogens is 276 g/mol. The minimum atomic E-state index is 0.330. The zero-order valence-electron chi connectivity index (χ0n) is 11.4. The van der Waals surface area contributed by atoms with Crippen molar-refractivity contribution in [2.45, 2.75) is 32.7 Å². The van der Waals surface area contributed by atoms with Crippen molar-refractivity contribution in [3.8, 4) is 0 Å². The topological polar surface area (TPSA) is 56.7 Å². The molecule has 3 aromatic rings. The highest BCUT2D eigenvalue weighted by atomic mass is 35.5. The number of hydrogen-bond donors (Lipinski definition) is 0. The summed E-state index contributed by atoms with van der Waals surface area (Å²) in [5, 5.41) is 0. The highest BCUT2D eigenvalue weighted by molar-refractivity contribution is 6.16. The Hall–Kier alpha value is -1.88. The van der Waals surface area contributed by atoms with Gasteiger partial charge in [0.1, 0.15) is 23.6 Å². The van der Waals surface area contributed by atoms with Gasteiger partial charge in [0.05, 0.1) is 12.1 Å². The Bertz CT molecular complexity index is 747. The van der Waals surface area contributed by atoms with Crippen LogP contribution in [0.4, 0.5) is 0 Å². The van der Waals surface area contributed by atoms with E-state index in [2.05, 4.69) is 15.0 Å². The smallest absolute Gasteiger partial charge is 0.214 e. The quantitative estimate of drug-likeness (QED) is 0.693. The molecule has 3 aromatic heterocycles. The SMILES string of the molecule is CCc1cnc(Cn2c(CCl)nc3cc(C)cnc32)o1. The van der Waals surface area contributed by atoms with E-state index < -0.39 is 0 Å². The predicted molar refractivity (Wildman–Crippen MR) is 76.8 cm³/mol. The summed E-state index contributed by atoms with van der Waals surface area (Å²) >= 11 is 5.98. The summed E-state index contributed by atoms with van der Waals surface area (Å²) in [6, 6.07) is 2.00. The number of nitrogens with zero attached hydrogens (tertiary/aromatic N) is 4. The Kier molecular flexibility index (Phi) is 3.44. The highest BCUT2D eigenvalue weighted by Crippen LogP contribution is 2.18. The van der Waals surface area contributed by atoms with E-state index in [1.807, 2.05) is 30.7 Å². The van der Waals surface area contributed by atoms with Crippen molar-refractivity contribution in [2.75, 3.05) is 0 Å². The Morgan fingerprint density at radius 2 is 2.15 bits per heavy atom. The first-order chi connectivity index (χ1) is 9.71. The van der Waals surface area contributed by atoms with E-state index in [0.29, 0.717) is 18.3 Å². The Labute approximate surface area is 121 Å². The van der Waals surface area contributed by atoms with E-state index in [4.69, 9.17) is 16.0 Å². The maximum absolute atomic E-state index is 5.98. The molecule has 3 heterocycles. The van der Waals surface area contributed by atoms with Gasteiger partial charge in [-0.05, 0) is 18.6 Å². The fourth-order valence-electron chi connectivity index (χ4n) is 2.15. The van der Waals surface area contributed by atoms with Gasteiger partial charge in [-0.25, -0.2) is 15.0 Å². The van der Waals surface area contributed by atoms with E-state index in [1.165, 1.54) is 0 Å². The number of aryl methyl sites for hydroxylation is 2. The molecule has 3 rings (SSSR count). The Morgan fingerprint density at radius 1 is 1.30 bits per heavy atom. The van der Waals surface area contributed by atoms with Crippen LogP contribution in [0.1, 0.15) is 30.0 Å². The van der Waals surface area contributed by atoms with Gasteiger partial charge in [-0.1, -0.05) is 6.92 Å². The molecule has 5 nitrogen and oxygen atoms in total. The summed E-state index contributed by atoms with van der Waals surface area (Å²) in [7, 11) is 0. The first-order valence-corrected chi connectivity index (χ1v) is 7.06. The third kappa shape index (κ3) is 2.29. The molecule has 0 saturated heterocycles. The van der Waals surface area contributed by atoms with Crippen molar-refractivity contribution in [2.24, 2.45) is 0 Å².